The van der Waals surface area contributed by atoms with E-state index in [4.69, 9.17) is 9.26 Å². The van der Waals surface area contributed by atoms with Gasteiger partial charge in [0, 0.05) is 10.0 Å². The molecule has 0 saturated carbocycles. The van der Waals surface area contributed by atoms with Crippen LogP contribution in [0.5, 0.6) is 0 Å². The number of carbonyl (C=O) groups excluding carboxylic acids is 1. The molecule has 0 N–H and O–H groups in total. The SMILES string of the molecule is CCOC(=O)C(C)(C)c1nc(-c2ccccc2Br)no1. The molecule has 0 amide bonds. The molecule has 0 aliphatic heterocycles. The minimum absolute atomic E-state index is 0.238. The van der Waals surface area contributed by atoms with E-state index in [9.17, 15) is 4.79 Å². The molecule has 0 aliphatic rings. The van der Waals surface area contributed by atoms with E-state index < -0.39 is 5.41 Å². The Hall–Kier alpha value is -1.69. The van der Waals surface area contributed by atoms with E-state index in [0.717, 1.165) is 10.0 Å². The van der Waals surface area contributed by atoms with E-state index in [1.807, 2.05) is 24.3 Å². The minimum Gasteiger partial charge on any atom is -0.465 e. The van der Waals surface area contributed by atoms with E-state index in [-0.39, 0.29) is 11.9 Å². The van der Waals surface area contributed by atoms with Crippen LogP contribution in [0, 0.1) is 0 Å². The van der Waals surface area contributed by atoms with Gasteiger partial charge in [0.2, 0.25) is 11.7 Å². The second kappa shape index (κ2) is 5.75. The first-order valence-electron chi connectivity index (χ1n) is 6.23. The van der Waals surface area contributed by atoms with E-state index in [2.05, 4.69) is 26.1 Å². The fraction of sp³-hybridized carbons (Fsp3) is 0.357. The number of hydrogen-bond donors (Lipinski definition) is 0. The van der Waals surface area contributed by atoms with Crippen LogP contribution in [-0.2, 0) is 14.9 Å². The Balaban J connectivity index is 2.34. The fourth-order valence-corrected chi connectivity index (χ4v) is 2.09. The molecule has 0 aliphatic carbocycles. The summed E-state index contributed by atoms with van der Waals surface area (Å²) in [6.45, 7) is 5.46. The Morgan fingerprint density at radius 2 is 2.10 bits per heavy atom. The monoisotopic (exact) mass is 338 g/mol. The second-order valence-electron chi connectivity index (χ2n) is 4.75. The highest BCUT2D eigenvalue weighted by molar-refractivity contribution is 9.10. The first-order chi connectivity index (χ1) is 9.46. The van der Waals surface area contributed by atoms with Gasteiger partial charge in [0.1, 0.15) is 5.41 Å². The maximum atomic E-state index is 11.9. The largest absolute Gasteiger partial charge is 0.465 e. The number of aromatic nitrogens is 2. The van der Waals surface area contributed by atoms with Crippen LogP contribution in [0.15, 0.2) is 33.3 Å². The van der Waals surface area contributed by atoms with Crippen molar-refractivity contribution in [1.82, 2.24) is 10.1 Å². The Morgan fingerprint density at radius 1 is 1.40 bits per heavy atom. The zero-order chi connectivity index (χ0) is 14.8. The van der Waals surface area contributed by atoms with Gasteiger partial charge in [-0.1, -0.05) is 33.2 Å². The molecule has 0 radical (unpaired) electrons. The van der Waals surface area contributed by atoms with Gasteiger partial charge < -0.3 is 9.26 Å². The Morgan fingerprint density at radius 3 is 2.75 bits per heavy atom. The lowest BCUT2D eigenvalue weighted by Crippen LogP contribution is -2.31. The molecule has 0 atom stereocenters. The van der Waals surface area contributed by atoms with Crippen molar-refractivity contribution in [2.45, 2.75) is 26.2 Å². The number of ether oxygens (including phenoxy) is 1. The summed E-state index contributed by atoms with van der Waals surface area (Å²) in [4.78, 5) is 16.2. The third-order valence-electron chi connectivity index (χ3n) is 2.86. The lowest BCUT2D eigenvalue weighted by molar-refractivity contribution is -0.149. The van der Waals surface area contributed by atoms with Crippen LogP contribution >= 0.6 is 15.9 Å². The predicted molar refractivity (Wildman–Crippen MR) is 77.1 cm³/mol. The Kier molecular flexibility index (Phi) is 4.23. The van der Waals surface area contributed by atoms with E-state index in [0.29, 0.717) is 12.4 Å². The van der Waals surface area contributed by atoms with Crippen molar-refractivity contribution in [2.24, 2.45) is 0 Å². The summed E-state index contributed by atoms with van der Waals surface area (Å²) in [5, 5.41) is 3.93. The molecule has 0 spiro atoms. The van der Waals surface area contributed by atoms with E-state index in [1.54, 1.807) is 20.8 Å². The number of hydrogen-bond acceptors (Lipinski definition) is 5. The summed E-state index contributed by atoms with van der Waals surface area (Å²) in [5.41, 5.74) is -0.162. The van der Waals surface area contributed by atoms with Crippen LogP contribution in [-0.4, -0.2) is 22.7 Å². The van der Waals surface area contributed by atoms with Gasteiger partial charge in [-0.2, -0.15) is 4.98 Å². The first-order valence-corrected chi connectivity index (χ1v) is 7.02. The average molecular weight is 339 g/mol. The average Bonchev–Trinajstić information content (AvgIpc) is 2.89. The molecule has 5 nitrogen and oxygen atoms in total. The number of halogens is 1. The molecule has 1 aromatic heterocycles. The molecule has 0 bridgehead atoms. The van der Waals surface area contributed by atoms with E-state index in [1.165, 1.54) is 0 Å². The standard InChI is InChI=1S/C14H15BrN2O3/c1-4-19-13(18)14(2,3)12-16-11(17-20-12)9-7-5-6-8-10(9)15/h5-8H,4H2,1-3H3. The van der Waals surface area contributed by atoms with Gasteiger partial charge >= 0.3 is 5.97 Å². The maximum absolute atomic E-state index is 11.9. The maximum Gasteiger partial charge on any atom is 0.321 e. The van der Waals surface area contributed by atoms with Crippen molar-refractivity contribution in [3.05, 3.63) is 34.6 Å². The van der Waals surface area contributed by atoms with Crippen molar-refractivity contribution in [3.8, 4) is 11.4 Å². The van der Waals surface area contributed by atoms with Gasteiger partial charge in [-0.25, -0.2) is 0 Å². The van der Waals surface area contributed by atoms with Crippen molar-refractivity contribution in [2.75, 3.05) is 6.61 Å². The third-order valence-corrected chi connectivity index (χ3v) is 3.55. The Labute approximate surface area is 125 Å². The number of benzene rings is 1. The van der Waals surface area contributed by atoms with Crippen molar-refractivity contribution >= 4 is 21.9 Å². The highest BCUT2D eigenvalue weighted by Crippen LogP contribution is 2.29. The van der Waals surface area contributed by atoms with Gasteiger partial charge in [0.15, 0.2) is 0 Å². The molecular formula is C14H15BrN2O3. The smallest absolute Gasteiger partial charge is 0.321 e. The van der Waals surface area contributed by atoms with Crippen LogP contribution in [0.4, 0.5) is 0 Å². The molecule has 1 heterocycles. The van der Waals surface area contributed by atoms with Crippen LogP contribution in [0.3, 0.4) is 0 Å². The molecule has 106 valence electrons. The quantitative estimate of drug-likeness (QED) is 0.800. The zero-order valence-electron chi connectivity index (χ0n) is 11.5. The molecule has 2 aromatic rings. The van der Waals surface area contributed by atoms with Gasteiger partial charge in [-0.05, 0) is 32.9 Å². The third kappa shape index (κ3) is 2.75. The number of rotatable bonds is 4. The fourth-order valence-electron chi connectivity index (χ4n) is 1.63. The predicted octanol–water partition coefficient (Wildman–Crippen LogP) is 3.34. The van der Waals surface area contributed by atoms with Gasteiger partial charge in [0.25, 0.3) is 0 Å². The number of esters is 1. The number of nitrogens with zero attached hydrogens (tertiary/aromatic N) is 2. The van der Waals surface area contributed by atoms with Gasteiger partial charge in [-0.15, -0.1) is 0 Å². The Bertz CT molecular complexity index is 622. The van der Waals surface area contributed by atoms with Crippen molar-refractivity contribution in [3.63, 3.8) is 0 Å². The summed E-state index contributed by atoms with van der Waals surface area (Å²) >= 11 is 3.43. The highest BCUT2D eigenvalue weighted by Gasteiger charge is 2.37. The summed E-state index contributed by atoms with van der Waals surface area (Å²) in [6, 6.07) is 7.54. The normalized spacial score (nSPS) is 11.4. The summed E-state index contributed by atoms with van der Waals surface area (Å²) in [7, 11) is 0. The van der Waals surface area contributed by atoms with Crippen molar-refractivity contribution in [1.29, 1.82) is 0 Å². The van der Waals surface area contributed by atoms with Crippen LogP contribution < -0.4 is 0 Å². The number of carbonyl (C=O) groups is 1. The van der Waals surface area contributed by atoms with E-state index >= 15 is 0 Å². The molecule has 6 heteroatoms. The van der Waals surface area contributed by atoms with Gasteiger partial charge in [-0.3, -0.25) is 4.79 Å². The van der Waals surface area contributed by atoms with Gasteiger partial charge in [0.05, 0.1) is 6.61 Å². The summed E-state index contributed by atoms with van der Waals surface area (Å²) < 4.78 is 11.1. The molecule has 1 aromatic carbocycles. The van der Waals surface area contributed by atoms with Crippen molar-refractivity contribution < 1.29 is 14.1 Å². The summed E-state index contributed by atoms with van der Waals surface area (Å²) in [5.74, 6) is 0.286. The zero-order valence-corrected chi connectivity index (χ0v) is 13.1. The first kappa shape index (κ1) is 14.7. The van der Waals surface area contributed by atoms with Crippen LogP contribution in [0.1, 0.15) is 26.7 Å². The molecule has 0 unspecified atom stereocenters. The topological polar surface area (TPSA) is 65.2 Å². The van der Waals surface area contributed by atoms with Crippen LogP contribution in [0.2, 0.25) is 0 Å². The molecule has 0 fully saturated rings. The lowest BCUT2D eigenvalue weighted by atomic mass is 9.94. The molecule has 0 saturated heterocycles. The molecule has 20 heavy (non-hydrogen) atoms. The minimum atomic E-state index is -0.970. The molecule has 2 rings (SSSR count). The summed E-state index contributed by atoms with van der Waals surface area (Å²) in [6.07, 6.45) is 0. The molecular weight excluding hydrogens is 324 g/mol. The van der Waals surface area contributed by atoms with Crippen LogP contribution in [0.25, 0.3) is 11.4 Å². The highest BCUT2D eigenvalue weighted by atomic mass is 79.9. The second-order valence-corrected chi connectivity index (χ2v) is 5.60. The lowest BCUT2D eigenvalue weighted by Gasteiger charge is -2.16.